The van der Waals surface area contributed by atoms with Crippen molar-refractivity contribution in [1.29, 1.82) is 0 Å². The second-order valence-corrected chi connectivity index (χ2v) is 17.5. The zero-order valence-corrected chi connectivity index (χ0v) is 37.5. The molecule has 25 nitrogen and oxygen atoms in total. The number of fused-ring (bicyclic) bond motifs is 1. The number of carbonyl (C=O) groups excluding carboxylic acids is 2. The first kappa shape index (κ1) is 53.5. The number of carbonyl (C=O) groups is 3. The molecule has 0 amide bonds. The predicted molar refractivity (Wildman–Crippen MR) is 231 cm³/mol. The van der Waals surface area contributed by atoms with Gasteiger partial charge in [-0.25, -0.2) is 14.4 Å². The van der Waals surface area contributed by atoms with Crippen molar-refractivity contribution in [2.24, 2.45) is 17.8 Å². The molecule has 71 heavy (non-hydrogen) atoms. The SMILES string of the molecule is CC1C(OC(=O)C=Cc2ccc(OC3OC(CO)C(O)C(O)C3O)cc2)CC2C(C(=O)O)=COC(OC3OC(COC(=O)C=Cc4ccc(OC5OC(CO)C(O)C(O)C5O)c(O)c4)C(O)C(O)C3O)C21. The van der Waals surface area contributed by atoms with Crippen LogP contribution in [0.2, 0.25) is 0 Å². The van der Waals surface area contributed by atoms with Crippen molar-refractivity contribution in [2.45, 2.75) is 118 Å². The Bertz CT molecular complexity index is 2250. The number of ether oxygens (including phenoxy) is 9. The maximum absolute atomic E-state index is 13.1. The lowest BCUT2D eigenvalue weighted by Crippen LogP contribution is -2.60. The van der Waals surface area contributed by atoms with Crippen LogP contribution in [0.3, 0.4) is 0 Å². The third-order valence-corrected chi connectivity index (χ3v) is 12.9. The van der Waals surface area contributed by atoms with E-state index >= 15 is 0 Å². The average molecular weight is 1010 g/mol. The number of carboxylic acids is 1. The van der Waals surface area contributed by atoms with E-state index in [2.05, 4.69) is 0 Å². The Kier molecular flexibility index (Phi) is 17.4. The Morgan fingerprint density at radius 2 is 1.18 bits per heavy atom. The molecule has 4 aliphatic heterocycles. The number of aromatic hydroxyl groups is 1. The van der Waals surface area contributed by atoms with Crippen LogP contribution in [-0.2, 0) is 47.5 Å². The normalized spacial score (nSPS) is 38.2. The fraction of sp³-hybridized carbons (Fsp3) is 0.543. The molecular formula is C46H56O25. The van der Waals surface area contributed by atoms with Crippen LogP contribution in [0.25, 0.3) is 12.2 Å². The number of phenolic OH excluding ortho intramolecular Hbond substituents is 1. The molecule has 13 N–H and O–H groups in total. The van der Waals surface area contributed by atoms with Crippen molar-refractivity contribution >= 4 is 30.1 Å². The molecule has 20 atom stereocenters. The maximum Gasteiger partial charge on any atom is 0.334 e. The summed E-state index contributed by atoms with van der Waals surface area (Å²) in [4.78, 5) is 38.1. The third kappa shape index (κ3) is 12.0. The predicted octanol–water partition coefficient (Wildman–Crippen LogP) is -3.65. The van der Waals surface area contributed by atoms with Gasteiger partial charge in [-0.15, -0.1) is 0 Å². The standard InChI is InChI=1S/C46H56O25/c1-18-26(66-31(51)11-5-19-2-7-21(8-3-19)65-44-39(58)36(55)33(52)27(14-47)68-44)13-22-23(42(61)62)16-64-43(32(18)22)71-46-41(60)38(57)35(54)29(70-46)17-63-30(50)10-6-20-4-9-25(24(49)12-20)67-45-40(59)37(56)34(53)28(15-48)69-45/h2-12,16,18,22,26-29,32-41,43-49,52-60H,13-15,17H2,1H3,(H,61,62). The van der Waals surface area contributed by atoms with E-state index in [0.717, 1.165) is 18.4 Å². The fourth-order valence-corrected chi connectivity index (χ4v) is 8.83. The minimum absolute atomic E-state index is 0.0257. The van der Waals surface area contributed by atoms with Gasteiger partial charge in [0.05, 0.1) is 25.0 Å². The number of benzene rings is 2. The topological polar surface area (TPSA) is 397 Å². The van der Waals surface area contributed by atoms with Gasteiger partial charge >= 0.3 is 17.9 Å². The van der Waals surface area contributed by atoms with Crippen molar-refractivity contribution in [1.82, 2.24) is 0 Å². The monoisotopic (exact) mass is 1010 g/mol. The molecule has 3 saturated heterocycles. The lowest BCUT2D eigenvalue weighted by molar-refractivity contribution is -0.342. The minimum atomic E-state index is -1.89. The number of carboxylic acid groups (broad SMARTS) is 1. The molecule has 5 aliphatic rings. The summed E-state index contributed by atoms with van der Waals surface area (Å²) in [6.45, 7) is -0.334. The van der Waals surface area contributed by atoms with E-state index in [1.165, 1.54) is 42.5 Å². The molecule has 1 saturated carbocycles. The van der Waals surface area contributed by atoms with Crippen LogP contribution in [0.15, 0.2) is 66.5 Å². The molecule has 4 fully saturated rings. The highest BCUT2D eigenvalue weighted by molar-refractivity contribution is 5.88. The summed E-state index contributed by atoms with van der Waals surface area (Å²) >= 11 is 0. The lowest BCUT2D eigenvalue weighted by atomic mass is 9.83. The number of rotatable bonds is 16. The summed E-state index contributed by atoms with van der Waals surface area (Å²) in [6, 6.07) is 9.86. The summed E-state index contributed by atoms with van der Waals surface area (Å²) in [6.07, 6.45) is -20.5. The van der Waals surface area contributed by atoms with E-state index in [1.807, 2.05) is 0 Å². The average Bonchev–Trinajstić information content (AvgIpc) is 3.68. The smallest absolute Gasteiger partial charge is 0.334 e. The van der Waals surface area contributed by atoms with Crippen molar-refractivity contribution in [3.8, 4) is 17.2 Å². The van der Waals surface area contributed by atoms with Crippen molar-refractivity contribution in [3.63, 3.8) is 0 Å². The van der Waals surface area contributed by atoms with E-state index in [-0.39, 0.29) is 29.1 Å². The fourth-order valence-electron chi connectivity index (χ4n) is 8.83. The molecule has 2 aromatic rings. The van der Waals surface area contributed by atoms with E-state index < -0.39 is 166 Å². The lowest BCUT2D eigenvalue weighted by Gasteiger charge is -2.43. The van der Waals surface area contributed by atoms with E-state index in [4.69, 9.17) is 42.6 Å². The number of hydrogen-bond donors (Lipinski definition) is 13. The van der Waals surface area contributed by atoms with E-state index in [1.54, 1.807) is 19.1 Å². The Balaban J connectivity index is 0.925. The molecular weight excluding hydrogens is 952 g/mol. The van der Waals surface area contributed by atoms with Crippen LogP contribution < -0.4 is 9.47 Å². The van der Waals surface area contributed by atoms with Gasteiger partial charge in [0.25, 0.3) is 0 Å². The zero-order chi connectivity index (χ0) is 51.4. The highest BCUT2D eigenvalue weighted by Crippen LogP contribution is 2.48. The Hall–Kier alpha value is -5.33. The largest absolute Gasteiger partial charge is 0.504 e. The Morgan fingerprint density at radius 1 is 0.648 bits per heavy atom. The van der Waals surface area contributed by atoms with Crippen LogP contribution in [-0.4, -0.2) is 209 Å². The molecule has 0 spiro atoms. The van der Waals surface area contributed by atoms with Crippen molar-refractivity contribution in [2.75, 3.05) is 19.8 Å². The Morgan fingerprint density at radius 3 is 1.77 bits per heavy atom. The number of aliphatic hydroxyl groups is 11. The summed E-state index contributed by atoms with van der Waals surface area (Å²) in [5.41, 5.74) is 0.607. The molecule has 2 aromatic carbocycles. The number of aliphatic hydroxyl groups excluding tert-OH is 11. The number of aliphatic carboxylic acids is 1. The van der Waals surface area contributed by atoms with Gasteiger partial charge in [0.15, 0.2) is 17.8 Å². The number of hydrogen-bond acceptors (Lipinski definition) is 24. The molecule has 0 bridgehead atoms. The molecule has 0 aromatic heterocycles. The van der Waals surface area contributed by atoms with Crippen LogP contribution in [0.4, 0.5) is 0 Å². The summed E-state index contributed by atoms with van der Waals surface area (Å²) < 4.78 is 50.1. The highest BCUT2D eigenvalue weighted by Gasteiger charge is 2.55. The van der Waals surface area contributed by atoms with Gasteiger partial charge in [-0.3, -0.25) is 0 Å². The minimum Gasteiger partial charge on any atom is -0.504 e. The first-order valence-corrected chi connectivity index (χ1v) is 22.3. The molecule has 7 rings (SSSR count). The quantitative estimate of drug-likeness (QED) is 0.0570. The van der Waals surface area contributed by atoms with Crippen LogP contribution >= 0.6 is 0 Å². The van der Waals surface area contributed by atoms with E-state index in [9.17, 15) is 80.8 Å². The zero-order valence-electron chi connectivity index (χ0n) is 37.5. The van der Waals surface area contributed by atoms with Crippen LogP contribution in [0, 0.1) is 17.8 Å². The van der Waals surface area contributed by atoms with Gasteiger partial charge in [0.2, 0.25) is 18.9 Å². The van der Waals surface area contributed by atoms with Crippen molar-refractivity contribution in [3.05, 3.63) is 77.6 Å². The molecule has 4 heterocycles. The van der Waals surface area contributed by atoms with Gasteiger partial charge in [-0.2, -0.15) is 0 Å². The summed E-state index contributed by atoms with van der Waals surface area (Å²) in [5, 5.41) is 132. The number of esters is 2. The van der Waals surface area contributed by atoms with Gasteiger partial charge in [-0.05, 0) is 54.0 Å². The summed E-state index contributed by atoms with van der Waals surface area (Å²) in [7, 11) is 0. The van der Waals surface area contributed by atoms with Gasteiger partial charge in [0, 0.05) is 29.9 Å². The summed E-state index contributed by atoms with van der Waals surface area (Å²) in [5.74, 6) is -5.83. The van der Waals surface area contributed by atoms with Gasteiger partial charge in [-0.1, -0.05) is 25.1 Å². The molecule has 390 valence electrons. The second kappa shape index (κ2) is 23.0. The maximum atomic E-state index is 13.1. The molecule has 0 radical (unpaired) electrons. The van der Waals surface area contributed by atoms with Gasteiger partial charge < -0.3 is 109 Å². The second-order valence-electron chi connectivity index (χ2n) is 17.5. The third-order valence-electron chi connectivity index (χ3n) is 12.9. The van der Waals surface area contributed by atoms with Crippen molar-refractivity contribution < 1.29 is 123 Å². The van der Waals surface area contributed by atoms with Crippen LogP contribution in [0.1, 0.15) is 24.5 Å². The molecule has 25 heteroatoms. The highest BCUT2D eigenvalue weighted by atomic mass is 16.8. The first-order valence-electron chi connectivity index (χ1n) is 22.3. The first-order chi connectivity index (χ1) is 33.8. The van der Waals surface area contributed by atoms with Crippen LogP contribution in [0.5, 0.6) is 17.2 Å². The molecule has 20 unspecified atom stereocenters. The van der Waals surface area contributed by atoms with Gasteiger partial charge in [0.1, 0.15) is 91.7 Å². The molecule has 1 aliphatic carbocycles. The Labute approximate surface area is 403 Å². The van der Waals surface area contributed by atoms with E-state index in [0.29, 0.717) is 5.56 Å². The number of phenols is 1.